The fourth-order valence-electron chi connectivity index (χ4n) is 2.35. The van der Waals surface area contributed by atoms with E-state index < -0.39 is 22.8 Å². The number of aromatic nitrogens is 2. The second kappa shape index (κ2) is 8.23. The van der Waals surface area contributed by atoms with Crippen molar-refractivity contribution >= 4 is 40.5 Å². The molecule has 2 aromatic carbocycles. The number of aromatic amines is 1. The zero-order valence-electron chi connectivity index (χ0n) is 14.5. The van der Waals surface area contributed by atoms with E-state index in [9.17, 15) is 22.8 Å². The summed E-state index contributed by atoms with van der Waals surface area (Å²) in [5, 5.41) is 13.4. The van der Waals surface area contributed by atoms with Crippen molar-refractivity contribution in [2.24, 2.45) is 0 Å². The molecule has 0 bridgehead atoms. The number of H-pyrrole nitrogens is 1. The standard InChI is InChI=1S/C18H13ClF3N5O2/c19-14-5-4-12(9-13(14)18(20,21)22)25-17(29)24-11-3-1-2-10(8-11)23-15-6-7-16(28)27-26-15/h1-9H,(H,23,26)(H,27,28)(H2,24,25,29). The van der Waals surface area contributed by atoms with Crippen molar-refractivity contribution in [1.82, 2.24) is 10.2 Å². The highest BCUT2D eigenvalue weighted by Gasteiger charge is 2.33. The molecule has 7 nitrogen and oxygen atoms in total. The number of benzene rings is 2. The van der Waals surface area contributed by atoms with Gasteiger partial charge < -0.3 is 16.0 Å². The zero-order chi connectivity index (χ0) is 21.0. The van der Waals surface area contributed by atoms with Gasteiger partial charge in [-0.25, -0.2) is 9.89 Å². The number of anilines is 4. The normalized spacial score (nSPS) is 11.0. The van der Waals surface area contributed by atoms with E-state index in [-0.39, 0.29) is 11.2 Å². The van der Waals surface area contributed by atoms with Gasteiger partial charge >= 0.3 is 12.2 Å². The van der Waals surface area contributed by atoms with Gasteiger partial charge in [-0.2, -0.15) is 18.3 Å². The first-order valence-electron chi connectivity index (χ1n) is 8.08. The molecular formula is C18H13ClF3N5O2. The zero-order valence-corrected chi connectivity index (χ0v) is 15.2. The lowest BCUT2D eigenvalue weighted by Gasteiger charge is -2.13. The van der Waals surface area contributed by atoms with Gasteiger partial charge in [0.2, 0.25) is 0 Å². The van der Waals surface area contributed by atoms with E-state index in [1.807, 2.05) is 0 Å². The number of rotatable bonds is 4. The van der Waals surface area contributed by atoms with Gasteiger partial charge in [0.25, 0.3) is 5.56 Å². The molecule has 0 aliphatic heterocycles. The monoisotopic (exact) mass is 423 g/mol. The van der Waals surface area contributed by atoms with E-state index in [0.717, 1.165) is 12.1 Å². The van der Waals surface area contributed by atoms with Crippen LogP contribution in [0, 0.1) is 0 Å². The molecule has 0 spiro atoms. The topological polar surface area (TPSA) is 98.9 Å². The van der Waals surface area contributed by atoms with Crippen molar-refractivity contribution in [2.75, 3.05) is 16.0 Å². The average Bonchev–Trinajstić information content (AvgIpc) is 2.64. The molecule has 11 heteroatoms. The lowest BCUT2D eigenvalue weighted by Crippen LogP contribution is -2.20. The number of nitrogens with zero attached hydrogens (tertiary/aromatic N) is 1. The molecule has 150 valence electrons. The number of alkyl halides is 3. The summed E-state index contributed by atoms with van der Waals surface area (Å²) in [6.45, 7) is 0. The fraction of sp³-hybridized carbons (Fsp3) is 0.0556. The van der Waals surface area contributed by atoms with E-state index in [0.29, 0.717) is 17.2 Å². The lowest BCUT2D eigenvalue weighted by molar-refractivity contribution is -0.137. The Bertz CT molecular complexity index is 1080. The molecule has 2 amide bonds. The Hall–Kier alpha value is -3.53. The summed E-state index contributed by atoms with van der Waals surface area (Å²) in [4.78, 5) is 23.2. The van der Waals surface area contributed by atoms with Crippen LogP contribution in [0.4, 0.5) is 40.8 Å². The fourth-order valence-corrected chi connectivity index (χ4v) is 2.58. The van der Waals surface area contributed by atoms with Crippen LogP contribution in [0.25, 0.3) is 0 Å². The van der Waals surface area contributed by atoms with Crippen LogP contribution < -0.4 is 21.5 Å². The maximum Gasteiger partial charge on any atom is 0.417 e. The molecule has 0 fully saturated rings. The molecule has 0 saturated heterocycles. The summed E-state index contributed by atoms with van der Waals surface area (Å²) in [5.41, 5.74) is -0.517. The van der Waals surface area contributed by atoms with Crippen molar-refractivity contribution in [1.29, 1.82) is 0 Å². The van der Waals surface area contributed by atoms with Crippen LogP contribution in [0.5, 0.6) is 0 Å². The Morgan fingerprint density at radius 3 is 2.31 bits per heavy atom. The number of urea groups is 1. The summed E-state index contributed by atoms with van der Waals surface area (Å²) < 4.78 is 38.7. The van der Waals surface area contributed by atoms with Crippen LogP contribution in [0.2, 0.25) is 5.02 Å². The molecule has 29 heavy (non-hydrogen) atoms. The van der Waals surface area contributed by atoms with E-state index in [1.54, 1.807) is 24.3 Å². The van der Waals surface area contributed by atoms with Gasteiger partial charge in [-0.1, -0.05) is 17.7 Å². The Labute approximate surface area is 166 Å². The Balaban J connectivity index is 1.68. The Morgan fingerprint density at radius 1 is 0.966 bits per heavy atom. The SMILES string of the molecule is O=C(Nc1cccc(Nc2ccc(=O)[nH]n2)c1)Nc1ccc(Cl)c(C(F)(F)F)c1. The van der Waals surface area contributed by atoms with Crippen LogP contribution in [-0.2, 0) is 6.18 Å². The van der Waals surface area contributed by atoms with Gasteiger partial charge in [-0.3, -0.25) is 4.79 Å². The molecule has 0 aliphatic carbocycles. The smallest absolute Gasteiger partial charge is 0.339 e. The molecule has 0 aliphatic rings. The summed E-state index contributed by atoms with van der Waals surface area (Å²) in [7, 11) is 0. The van der Waals surface area contributed by atoms with Crippen molar-refractivity contribution in [3.63, 3.8) is 0 Å². The van der Waals surface area contributed by atoms with Crippen molar-refractivity contribution in [2.45, 2.75) is 6.18 Å². The third-order valence-electron chi connectivity index (χ3n) is 3.60. The van der Waals surface area contributed by atoms with Gasteiger partial charge in [0, 0.05) is 23.1 Å². The Morgan fingerprint density at radius 2 is 1.66 bits per heavy atom. The molecule has 3 aromatic rings. The van der Waals surface area contributed by atoms with Crippen LogP contribution in [-0.4, -0.2) is 16.2 Å². The van der Waals surface area contributed by atoms with Crippen molar-refractivity contribution in [3.05, 3.63) is 75.5 Å². The summed E-state index contributed by atoms with van der Waals surface area (Å²) >= 11 is 5.56. The van der Waals surface area contributed by atoms with Gasteiger partial charge in [-0.15, -0.1) is 0 Å². The molecule has 0 unspecified atom stereocenters. The van der Waals surface area contributed by atoms with Crippen LogP contribution in [0.3, 0.4) is 0 Å². The van der Waals surface area contributed by atoms with Crippen LogP contribution in [0.15, 0.2) is 59.4 Å². The molecule has 1 aromatic heterocycles. The third kappa shape index (κ3) is 5.48. The van der Waals surface area contributed by atoms with E-state index in [1.165, 1.54) is 18.2 Å². The van der Waals surface area contributed by atoms with E-state index in [4.69, 9.17) is 11.6 Å². The highest BCUT2D eigenvalue weighted by atomic mass is 35.5. The predicted molar refractivity (Wildman–Crippen MR) is 104 cm³/mol. The minimum atomic E-state index is -4.64. The van der Waals surface area contributed by atoms with Gasteiger partial charge in [0.05, 0.1) is 10.6 Å². The van der Waals surface area contributed by atoms with E-state index in [2.05, 4.69) is 26.1 Å². The Kier molecular flexibility index (Phi) is 5.74. The second-order valence-corrected chi connectivity index (χ2v) is 6.19. The quantitative estimate of drug-likeness (QED) is 0.483. The lowest BCUT2D eigenvalue weighted by atomic mass is 10.2. The first-order chi connectivity index (χ1) is 13.7. The van der Waals surface area contributed by atoms with Gasteiger partial charge in [-0.05, 0) is 42.5 Å². The molecule has 0 saturated carbocycles. The number of halogens is 4. The predicted octanol–water partition coefficient (Wildman–Crippen LogP) is 4.83. The first-order valence-corrected chi connectivity index (χ1v) is 8.46. The maximum atomic E-state index is 12.9. The maximum absolute atomic E-state index is 12.9. The summed E-state index contributed by atoms with van der Waals surface area (Å²) in [6, 6.07) is 11.6. The van der Waals surface area contributed by atoms with Gasteiger partial charge in [0.1, 0.15) is 0 Å². The van der Waals surface area contributed by atoms with Crippen LogP contribution >= 0.6 is 11.6 Å². The number of hydrogen-bond donors (Lipinski definition) is 4. The number of nitrogens with one attached hydrogen (secondary N) is 4. The highest BCUT2D eigenvalue weighted by molar-refractivity contribution is 6.31. The second-order valence-electron chi connectivity index (χ2n) is 5.78. The first kappa shape index (κ1) is 20.2. The molecule has 0 radical (unpaired) electrons. The number of amides is 2. The summed E-state index contributed by atoms with van der Waals surface area (Å²) in [5.74, 6) is 0.382. The summed E-state index contributed by atoms with van der Waals surface area (Å²) in [6.07, 6.45) is -4.64. The third-order valence-corrected chi connectivity index (χ3v) is 3.93. The van der Waals surface area contributed by atoms with Crippen molar-refractivity contribution in [3.8, 4) is 0 Å². The van der Waals surface area contributed by atoms with Crippen LogP contribution in [0.1, 0.15) is 5.56 Å². The molecular weight excluding hydrogens is 411 g/mol. The molecule has 4 N–H and O–H groups in total. The molecule has 1 heterocycles. The largest absolute Gasteiger partial charge is 0.417 e. The average molecular weight is 424 g/mol. The number of hydrogen-bond acceptors (Lipinski definition) is 4. The van der Waals surface area contributed by atoms with E-state index >= 15 is 0 Å². The minimum Gasteiger partial charge on any atom is -0.339 e. The minimum absolute atomic E-state index is 0.0639. The number of carbonyl (C=O) groups excluding carboxylic acids is 1. The highest BCUT2D eigenvalue weighted by Crippen LogP contribution is 2.36. The van der Waals surface area contributed by atoms with Crippen molar-refractivity contribution < 1.29 is 18.0 Å². The molecule has 0 atom stereocenters. The number of carbonyl (C=O) groups is 1. The molecule has 3 rings (SSSR count). The van der Waals surface area contributed by atoms with Gasteiger partial charge in [0.15, 0.2) is 5.82 Å².